The summed E-state index contributed by atoms with van der Waals surface area (Å²) >= 11 is 0. The number of nitrogens with two attached hydrogens (primary N) is 1. The highest BCUT2D eigenvalue weighted by Gasteiger charge is 2.19. The summed E-state index contributed by atoms with van der Waals surface area (Å²) in [5.74, 6) is 0.996. The van der Waals surface area contributed by atoms with Crippen LogP contribution in [0.1, 0.15) is 31.9 Å². The first-order valence-electron chi connectivity index (χ1n) is 5.40. The zero-order chi connectivity index (χ0) is 11.5. The molecule has 0 atom stereocenters. The lowest BCUT2D eigenvalue weighted by Crippen LogP contribution is -2.17. The number of aryl methyl sites for hydroxylation is 1. The Balaban J connectivity index is 0.00000225. The second kappa shape index (κ2) is 6.12. The van der Waals surface area contributed by atoms with E-state index >= 15 is 0 Å². The summed E-state index contributed by atoms with van der Waals surface area (Å²) in [6, 6.07) is 6.27. The molecule has 0 aliphatic carbocycles. The fourth-order valence-corrected chi connectivity index (χ4v) is 1.60. The maximum atomic E-state index is 5.72. The van der Waals surface area contributed by atoms with E-state index in [2.05, 4.69) is 45.9 Å². The van der Waals surface area contributed by atoms with Crippen LogP contribution < -0.4 is 10.5 Å². The van der Waals surface area contributed by atoms with Crippen molar-refractivity contribution in [1.29, 1.82) is 0 Å². The highest BCUT2D eigenvalue weighted by atomic mass is 35.5. The maximum absolute atomic E-state index is 5.72. The van der Waals surface area contributed by atoms with E-state index in [0.717, 1.165) is 5.75 Å². The van der Waals surface area contributed by atoms with Crippen molar-refractivity contribution in [2.24, 2.45) is 5.73 Å². The number of hydrogen-bond acceptors (Lipinski definition) is 2. The molecule has 0 bridgehead atoms. The quantitative estimate of drug-likeness (QED) is 0.886. The zero-order valence-corrected chi connectivity index (χ0v) is 11.4. The highest BCUT2D eigenvalue weighted by molar-refractivity contribution is 5.85. The second-order valence-corrected chi connectivity index (χ2v) is 4.84. The van der Waals surface area contributed by atoms with Gasteiger partial charge in [-0.3, -0.25) is 0 Å². The fraction of sp³-hybridized carbons (Fsp3) is 0.538. The molecule has 1 rings (SSSR count). The van der Waals surface area contributed by atoms with Crippen LogP contribution in [0.25, 0.3) is 0 Å². The molecular weight excluding hydrogens is 222 g/mol. The smallest absolute Gasteiger partial charge is 0.125 e. The molecule has 0 fully saturated rings. The molecule has 1 aromatic carbocycles. The molecule has 0 aliphatic rings. The third-order valence-electron chi connectivity index (χ3n) is 2.38. The summed E-state index contributed by atoms with van der Waals surface area (Å²) in [5, 5.41) is 0. The molecule has 92 valence electrons. The van der Waals surface area contributed by atoms with Crippen molar-refractivity contribution in [1.82, 2.24) is 0 Å². The van der Waals surface area contributed by atoms with Gasteiger partial charge in [0, 0.05) is 6.54 Å². The van der Waals surface area contributed by atoms with Crippen LogP contribution in [0.5, 0.6) is 5.75 Å². The molecule has 2 N–H and O–H groups in total. The van der Waals surface area contributed by atoms with Gasteiger partial charge in [0.05, 0.1) is 0 Å². The number of ether oxygens (including phenoxy) is 1. The van der Waals surface area contributed by atoms with E-state index in [-0.39, 0.29) is 17.8 Å². The molecule has 0 saturated carbocycles. The summed E-state index contributed by atoms with van der Waals surface area (Å²) in [7, 11) is 0. The fourth-order valence-electron chi connectivity index (χ4n) is 1.60. The average Bonchev–Trinajstić information content (AvgIpc) is 2.14. The number of benzene rings is 1. The number of rotatable bonds is 3. The van der Waals surface area contributed by atoms with Crippen LogP contribution >= 0.6 is 12.4 Å². The lowest BCUT2D eigenvalue weighted by atomic mass is 9.85. The Kier molecular flexibility index (Phi) is 5.84. The normalized spacial score (nSPS) is 10.8. The number of para-hydroxylation sites is 1. The molecule has 0 radical (unpaired) electrons. The van der Waals surface area contributed by atoms with E-state index in [1.54, 1.807) is 0 Å². The van der Waals surface area contributed by atoms with Crippen molar-refractivity contribution in [3.05, 3.63) is 29.3 Å². The van der Waals surface area contributed by atoms with Gasteiger partial charge in [-0.25, -0.2) is 0 Å². The largest absolute Gasteiger partial charge is 0.492 e. The van der Waals surface area contributed by atoms with Crippen LogP contribution in [-0.4, -0.2) is 13.2 Å². The van der Waals surface area contributed by atoms with Crippen molar-refractivity contribution in [3.63, 3.8) is 0 Å². The molecule has 0 aliphatic heterocycles. The summed E-state index contributed by atoms with van der Waals surface area (Å²) in [6.45, 7) is 9.78. The molecule has 0 saturated heterocycles. The van der Waals surface area contributed by atoms with Crippen molar-refractivity contribution in [2.75, 3.05) is 13.2 Å². The molecule has 0 amide bonds. The van der Waals surface area contributed by atoms with Crippen LogP contribution in [0.3, 0.4) is 0 Å². The highest BCUT2D eigenvalue weighted by Crippen LogP contribution is 2.33. The van der Waals surface area contributed by atoms with Gasteiger partial charge in [0.25, 0.3) is 0 Å². The Morgan fingerprint density at radius 1 is 1.25 bits per heavy atom. The van der Waals surface area contributed by atoms with Gasteiger partial charge >= 0.3 is 0 Å². The average molecular weight is 244 g/mol. The molecule has 3 heteroatoms. The van der Waals surface area contributed by atoms with Gasteiger partial charge in [-0.15, -0.1) is 12.4 Å². The minimum atomic E-state index is 0. The zero-order valence-electron chi connectivity index (χ0n) is 10.5. The van der Waals surface area contributed by atoms with Gasteiger partial charge in [-0.05, 0) is 23.5 Å². The van der Waals surface area contributed by atoms with Crippen LogP contribution in [0, 0.1) is 6.92 Å². The van der Waals surface area contributed by atoms with Crippen LogP contribution in [0.15, 0.2) is 18.2 Å². The standard InChI is InChI=1S/C13H21NO.ClH/c1-10-6-5-7-11(13(2,3)4)12(10)15-9-8-14;/h5-7H,8-9,14H2,1-4H3;1H. The number of halogens is 1. The van der Waals surface area contributed by atoms with E-state index in [1.165, 1.54) is 11.1 Å². The summed E-state index contributed by atoms with van der Waals surface area (Å²) in [5.41, 5.74) is 7.99. The van der Waals surface area contributed by atoms with Crippen LogP contribution in [0.2, 0.25) is 0 Å². The molecule has 0 aromatic heterocycles. The maximum Gasteiger partial charge on any atom is 0.125 e. The predicted molar refractivity (Wildman–Crippen MR) is 71.7 cm³/mol. The Hall–Kier alpha value is -0.730. The third kappa shape index (κ3) is 3.69. The van der Waals surface area contributed by atoms with Crippen LogP contribution in [0.4, 0.5) is 0 Å². The van der Waals surface area contributed by atoms with Gasteiger partial charge in [0.1, 0.15) is 12.4 Å². The van der Waals surface area contributed by atoms with E-state index in [1.807, 2.05) is 0 Å². The van der Waals surface area contributed by atoms with Crippen molar-refractivity contribution in [3.8, 4) is 5.75 Å². The van der Waals surface area contributed by atoms with E-state index in [0.29, 0.717) is 13.2 Å². The van der Waals surface area contributed by atoms with Gasteiger partial charge in [-0.1, -0.05) is 39.0 Å². The van der Waals surface area contributed by atoms with Gasteiger partial charge < -0.3 is 10.5 Å². The lowest BCUT2D eigenvalue weighted by Gasteiger charge is -2.24. The first kappa shape index (κ1) is 15.3. The minimum Gasteiger partial charge on any atom is -0.492 e. The van der Waals surface area contributed by atoms with E-state index in [9.17, 15) is 0 Å². The molecule has 0 spiro atoms. The van der Waals surface area contributed by atoms with E-state index in [4.69, 9.17) is 10.5 Å². The second-order valence-electron chi connectivity index (χ2n) is 4.84. The van der Waals surface area contributed by atoms with Gasteiger partial charge in [0.15, 0.2) is 0 Å². The summed E-state index contributed by atoms with van der Waals surface area (Å²) < 4.78 is 5.72. The summed E-state index contributed by atoms with van der Waals surface area (Å²) in [6.07, 6.45) is 0. The Morgan fingerprint density at radius 3 is 2.38 bits per heavy atom. The molecule has 1 aromatic rings. The first-order valence-corrected chi connectivity index (χ1v) is 5.40. The van der Waals surface area contributed by atoms with Crippen molar-refractivity contribution in [2.45, 2.75) is 33.1 Å². The molecule has 0 heterocycles. The van der Waals surface area contributed by atoms with Gasteiger partial charge in [0.2, 0.25) is 0 Å². The lowest BCUT2D eigenvalue weighted by molar-refractivity contribution is 0.316. The van der Waals surface area contributed by atoms with Gasteiger partial charge in [-0.2, -0.15) is 0 Å². The van der Waals surface area contributed by atoms with Crippen molar-refractivity contribution < 1.29 is 4.74 Å². The number of hydrogen-bond donors (Lipinski definition) is 1. The molecule has 0 unspecified atom stereocenters. The van der Waals surface area contributed by atoms with E-state index < -0.39 is 0 Å². The Labute approximate surface area is 105 Å². The third-order valence-corrected chi connectivity index (χ3v) is 2.38. The topological polar surface area (TPSA) is 35.2 Å². The Bertz CT molecular complexity index is 331. The predicted octanol–water partition coefficient (Wildman–Crippen LogP) is 3.05. The SMILES string of the molecule is Cc1cccc(C(C)(C)C)c1OCCN.Cl. The Morgan fingerprint density at radius 2 is 1.88 bits per heavy atom. The minimum absolute atomic E-state index is 0. The summed E-state index contributed by atoms with van der Waals surface area (Å²) in [4.78, 5) is 0. The van der Waals surface area contributed by atoms with Crippen molar-refractivity contribution >= 4 is 12.4 Å². The molecule has 2 nitrogen and oxygen atoms in total. The monoisotopic (exact) mass is 243 g/mol. The molecular formula is C13H22ClNO. The van der Waals surface area contributed by atoms with Crippen LogP contribution in [-0.2, 0) is 5.41 Å². The first-order chi connectivity index (χ1) is 6.96. The molecule has 16 heavy (non-hydrogen) atoms.